The third kappa shape index (κ3) is 5.47. The minimum absolute atomic E-state index is 0.0873. The fourth-order valence-corrected chi connectivity index (χ4v) is 4.78. The molecule has 1 aliphatic rings. The number of methoxy groups -OCH3 is 1. The number of nitrogens with zero attached hydrogens (tertiary/aromatic N) is 5. The molecule has 0 radical (unpaired) electrons. The zero-order valence-corrected chi connectivity index (χ0v) is 20.8. The molecule has 188 valence electrons. The first-order valence-corrected chi connectivity index (χ1v) is 12.5. The standard InChI is InChI=1S/C27H32N6O3/c1-3-19-10-11-24-21(13-19)14-22(27(34)28-24)16-32(15-20-7-4-5-9-25(20)35-2)18-26-29-30-31-33(26)17-23-8-6-12-36-23/h4-5,7,9-11,13-14,23H,3,6,8,12,15-18H2,1-2H3,(H,28,34). The highest BCUT2D eigenvalue weighted by Crippen LogP contribution is 2.22. The normalized spacial score (nSPS) is 15.7. The van der Waals surface area contributed by atoms with Gasteiger partial charge in [-0.1, -0.05) is 31.2 Å². The van der Waals surface area contributed by atoms with Gasteiger partial charge >= 0.3 is 0 Å². The Morgan fingerprint density at radius 1 is 1.14 bits per heavy atom. The molecule has 2 aromatic heterocycles. The average molecular weight is 489 g/mol. The number of benzene rings is 2. The van der Waals surface area contributed by atoms with E-state index in [4.69, 9.17) is 9.47 Å². The van der Waals surface area contributed by atoms with Gasteiger partial charge in [0.2, 0.25) is 0 Å². The number of rotatable bonds is 10. The van der Waals surface area contributed by atoms with Crippen molar-refractivity contribution in [2.24, 2.45) is 0 Å². The van der Waals surface area contributed by atoms with Crippen molar-refractivity contribution in [1.82, 2.24) is 30.1 Å². The van der Waals surface area contributed by atoms with Crippen LogP contribution >= 0.6 is 0 Å². The number of aromatic amines is 1. The first kappa shape index (κ1) is 24.1. The number of hydrogen-bond donors (Lipinski definition) is 1. The van der Waals surface area contributed by atoms with E-state index in [2.05, 4.69) is 44.5 Å². The van der Waals surface area contributed by atoms with Crippen molar-refractivity contribution in [3.63, 3.8) is 0 Å². The third-order valence-corrected chi connectivity index (χ3v) is 6.75. The van der Waals surface area contributed by atoms with Gasteiger partial charge in [0.05, 0.1) is 26.3 Å². The van der Waals surface area contributed by atoms with E-state index < -0.39 is 0 Å². The van der Waals surface area contributed by atoms with Crippen LogP contribution in [0.4, 0.5) is 0 Å². The predicted octanol–water partition coefficient (Wildman–Crippen LogP) is 3.47. The van der Waals surface area contributed by atoms with Gasteiger partial charge in [-0.2, -0.15) is 0 Å². The Bertz CT molecular complexity index is 1380. The van der Waals surface area contributed by atoms with Crippen LogP contribution in [0.5, 0.6) is 5.75 Å². The van der Waals surface area contributed by atoms with E-state index >= 15 is 0 Å². The topological polar surface area (TPSA) is 98.2 Å². The molecule has 0 aliphatic carbocycles. The summed E-state index contributed by atoms with van der Waals surface area (Å²) in [5.74, 6) is 1.55. The summed E-state index contributed by atoms with van der Waals surface area (Å²) >= 11 is 0. The first-order chi connectivity index (χ1) is 17.6. The summed E-state index contributed by atoms with van der Waals surface area (Å²) in [5.41, 5.74) is 3.72. The van der Waals surface area contributed by atoms with E-state index in [1.54, 1.807) is 7.11 Å². The lowest BCUT2D eigenvalue weighted by Crippen LogP contribution is -2.29. The summed E-state index contributed by atoms with van der Waals surface area (Å²) < 4.78 is 13.2. The van der Waals surface area contributed by atoms with Crippen molar-refractivity contribution >= 4 is 10.9 Å². The Balaban J connectivity index is 1.45. The van der Waals surface area contributed by atoms with Crippen molar-refractivity contribution in [3.05, 3.63) is 81.4 Å². The zero-order chi connectivity index (χ0) is 24.9. The number of aryl methyl sites for hydroxylation is 1. The molecule has 3 heterocycles. The summed E-state index contributed by atoms with van der Waals surface area (Å²) in [6.45, 7) is 5.03. The fourth-order valence-electron chi connectivity index (χ4n) is 4.78. The number of aromatic nitrogens is 5. The lowest BCUT2D eigenvalue weighted by atomic mass is 10.1. The quantitative estimate of drug-likeness (QED) is 0.365. The minimum atomic E-state index is -0.0873. The molecule has 9 heteroatoms. The molecule has 2 aromatic carbocycles. The van der Waals surface area contributed by atoms with Crippen LogP contribution in [0.2, 0.25) is 0 Å². The number of para-hydroxylation sites is 1. The monoisotopic (exact) mass is 488 g/mol. The molecular weight excluding hydrogens is 456 g/mol. The molecular formula is C27H32N6O3. The number of fused-ring (bicyclic) bond motifs is 1. The lowest BCUT2D eigenvalue weighted by molar-refractivity contribution is 0.0914. The molecule has 36 heavy (non-hydrogen) atoms. The number of hydrogen-bond acceptors (Lipinski definition) is 7. The molecule has 1 fully saturated rings. The zero-order valence-electron chi connectivity index (χ0n) is 20.8. The molecule has 1 saturated heterocycles. The molecule has 1 atom stereocenters. The number of H-pyrrole nitrogens is 1. The van der Waals surface area contributed by atoms with Crippen LogP contribution in [0.3, 0.4) is 0 Å². The van der Waals surface area contributed by atoms with Gasteiger partial charge in [0, 0.05) is 36.3 Å². The van der Waals surface area contributed by atoms with E-state index in [1.807, 2.05) is 41.1 Å². The largest absolute Gasteiger partial charge is 0.496 e. The van der Waals surface area contributed by atoms with Crippen LogP contribution < -0.4 is 10.3 Å². The highest BCUT2D eigenvalue weighted by atomic mass is 16.5. The van der Waals surface area contributed by atoms with Gasteiger partial charge in [0.1, 0.15) is 5.75 Å². The molecule has 0 saturated carbocycles. The third-order valence-electron chi connectivity index (χ3n) is 6.75. The summed E-state index contributed by atoms with van der Waals surface area (Å²) in [6.07, 6.45) is 3.15. The second-order valence-electron chi connectivity index (χ2n) is 9.27. The van der Waals surface area contributed by atoms with E-state index in [-0.39, 0.29) is 11.7 Å². The summed E-state index contributed by atoms with van der Waals surface area (Å²) in [6, 6.07) is 16.1. The van der Waals surface area contributed by atoms with Crippen LogP contribution in [-0.4, -0.2) is 49.9 Å². The molecule has 0 amide bonds. The van der Waals surface area contributed by atoms with Gasteiger partial charge < -0.3 is 14.5 Å². The van der Waals surface area contributed by atoms with Crippen molar-refractivity contribution in [3.8, 4) is 5.75 Å². The predicted molar refractivity (Wildman–Crippen MR) is 137 cm³/mol. The molecule has 9 nitrogen and oxygen atoms in total. The molecule has 0 spiro atoms. The maximum Gasteiger partial charge on any atom is 0.252 e. The first-order valence-electron chi connectivity index (χ1n) is 12.5. The van der Waals surface area contributed by atoms with E-state index in [0.29, 0.717) is 31.7 Å². The highest BCUT2D eigenvalue weighted by molar-refractivity contribution is 5.79. The van der Waals surface area contributed by atoms with Crippen molar-refractivity contribution in [2.75, 3.05) is 13.7 Å². The summed E-state index contributed by atoms with van der Waals surface area (Å²) in [5, 5.41) is 13.5. The maximum atomic E-state index is 13.0. The number of pyridine rings is 1. The van der Waals surface area contributed by atoms with Crippen molar-refractivity contribution in [2.45, 2.75) is 58.5 Å². The lowest BCUT2D eigenvalue weighted by Gasteiger charge is -2.23. The summed E-state index contributed by atoms with van der Waals surface area (Å²) in [4.78, 5) is 18.3. The second kappa shape index (κ2) is 11.0. The van der Waals surface area contributed by atoms with E-state index in [1.165, 1.54) is 5.56 Å². The molecule has 4 aromatic rings. The minimum Gasteiger partial charge on any atom is -0.496 e. The highest BCUT2D eigenvalue weighted by Gasteiger charge is 2.21. The Morgan fingerprint density at radius 2 is 2.00 bits per heavy atom. The smallest absolute Gasteiger partial charge is 0.252 e. The van der Waals surface area contributed by atoms with Gasteiger partial charge in [-0.25, -0.2) is 4.68 Å². The second-order valence-corrected chi connectivity index (χ2v) is 9.27. The van der Waals surface area contributed by atoms with Crippen LogP contribution in [-0.2, 0) is 37.3 Å². The van der Waals surface area contributed by atoms with Crippen LogP contribution in [0, 0.1) is 0 Å². The average Bonchev–Trinajstić information content (AvgIpc) is 3.57. The molecule has 1 aliphatic heterocycles. The molecule has 1 unspecified atom stereocenters. The number of tetrazole rings is 1. The molecule has 5 rings (SSSR count). The Morgan fingerprint density at radius 3 is 2.81 bits per heavy atom. The van der Waals surface area contributed by atoms with Crippen molar-refractivity contribution in [1.29, 1.82) is 0 Å². The Kier molecular flexibility index (Phi) is 7.39. The van der Waals surface area contributed by atoms with Crippen LogP contribution in [0.25, 0.3) is 10.9 Å². The van der Waals surface area contributed by atoms with Crippen LogP contribution in [0.1, 0.15) is 42.3 Å². The SMILES string of the molecule is CCc1ccc2[nH]c(=O)c(CN(Cc3ccccc3OC)Cc3nnnn3CC3CCCO3)cc2c1. The van der Waals surface area contributed by atoms with Crippen molar-refractivity contribution < 1.29 is 9.47 Å². The van der Waals surface area contributed by atoms with E-state index in [0.717, 1.165) is 53.9 Å². The van der Waals surface area contributed by atoms with Gasteiger partial charge in [0.25, 0.3) is 5.56 Å². The Labute approximate surface area is 210 Å². The number of ether oxygens (including phenoxy) is 2. The fraction of sp³-hybridized carbons (Fsp3) is 0.407. The summed E-state index contributed by atoms with van der Waals surface area (Å²) in [7, 11) is 1.67. The molecule has 1 N–H and O–H groups in total. The Hall–Kier alpha value is -3.56. The van der Waals surface area contributed by atoms with Crippen LogP contribution in [0.15, 0.2) is 53.3 Å². The number of nitrogens with one attached hydrogen (secondary N) is 1. The van der Waals surface area contributed by atoms with Gasteiger partial charge in [-0.3, -0.25) is 9.69 Å². The maximum absolute atomic E-state index is 13.0. The van der Waals surface area contributed by atoms with Gasteiger partial charge in [0.15, 0.2) is 5.82 Å². The van der Waals surface area contributed by atoms with E-state index in [9.17, 15) is 4.79 Å². The van der Waals surface area contributed by atoms with Gasteiger partial charge in [-0.05, 0) is 64.9 Å². The molecule has 0 bridgehead atoms. The van der Waals surface area contributed by atoms with Gasteiger partial charge in [-0.15, -0.1) is 5.10 Å².